The number of nitrogens with one attached hydrogen (secondary N) is 2. The Morgan fingerprint density at radius 3 is 2.50 bits per heavy atom. The van der Waals surface area contributed by atoms with Crippen molar-refractivity contribution >= 4 is 18.0 Å². The first kappa shape index (κ1) is 10.9. The van der Waals surface area contributed by atoms with Gasteiger partial charge in [-0.2, -0.15) is 4.83 Å². The number of urea groups is 1. The van der Waals surface area contributed by atoms with Crippen LogP contribution in [0.2, 0.25) is 0 Å². The monoisotopic (exact) mass is 211 g/mol. The van der Waals surface area contributed by atoms with E-state index in [4.69, 9.17) is 0 Å². The van der Waals surface area contributed by atoms with Gasteiger partial charge >= 0.3 is 6.03 Å². The molecule has 5 heteroatoms. The van der Waals surface area contributed by atoms with E-state index in [0.29, 0.717) is 0 Å². The van der Waals surface area contributed by atoms with Gasteiger partial charge in [-0.3, -0.25) is 5.43 Å². The van der Waals surface area contributed by atoms with Gasteiger partial charge in [-0.1, -0.05) is 18.2 Å². The van der Waals surface area contributed by atoms with E-state index < -0.39 is 0 Å². The van der Waals surface area contributed by atoms with Crippen molar-refractivity contribution < 1.29 is 4.79 Å². The summed E-state index contributed by atoms with van der Waals surface area (Å²) in [7, 11) is 3.37. The molecule has 0 fully saturated rings. The molecule has 0 spiro atoms. The van der Waals surface area contributed by atoms with Crippen LogP contribution in [0.15, 0.2) is 35.2 Å². The highest BCUT2D eigenvalue weighted by Gasteiger charge is 2.00. The van der Waals surface area contributed by atoms with E-state index in [9.17, 15) is 4.79 Å². The van der Waals surface area contributed by atoms with Crippen LogP contribution in [-0.4, -0.2) is 25.0 Å². The van der Waals surface area contributed by atoms with E-state index in [0.717, 1.165) is 4.90 Å². The minimum Gasteiger partial charge on any atom is -0.330 e. The lowest BCUT2D eigenvalue weighted by Crippen LogP contribution is -2.40. The molecular weight excluding hydrogens is 198 g/mol. The molecule has 0 unspecified atom stereocenters. The smallest absolute Gasteiger partial charge is 0.330 e. The lowest BCUT2D eigenvalue weighted by atomic mass is 10.4. The molecule has 2 N–H and O–H groups in total. The van der Waals surface area contributed by atoms with Crippen molar-refractivity contribution in [3.8, 4) is 0 Å². The van der Waals surface area contributed by atoms with Crippen molar-refractivity contribution in [1.29, 1.82) is 0 Å². The van der Waals surface area contributed by atoms with Gasteiger partial charge in [0.1, 0.15) is 0 Å². The first-order chi connectivity index (χ1) is 6.70. The Morgan fingerprint density at radius 1 is 1.29 bits per heavy atom. The van der Waals surface area contributed by atoms with Crippen LogP contribution in [0.4, 0.5) is 4.79 Å². The molecule has 4 nitrogen and oxygen atoms in total. The Balaban J connectivity index is 2.26. The molecule has 0 saturated carbocycles. The predicted octanol–water partition coefficient (Wildman–Crippen LogP) is 1.47. The number of carbonyl (C=O) groups excluding carboxylic acids is 1. The fraction of sp³-hybridized carbons (Fsp3) is 0.222. The van der Waals surface area contributed by atoms with Crippen molar-refractivity contribution in [3.63, 3.8) is 0 Å². The number of nitrogens with zero attached hydrogens (tertiary/aromatic N) is 1. The van der Waals surface area contributed by atoms with E-state index in [1.807, 2.05) is 30.3 Å². The van der Waals surface area contributed by atoms with Crippen molar-refractivity contribution in [2.75, 3.05) is 14.1 Å². The average Bonchev–Trinajstić information content (AvgIpc) is 2.19. The van der Waals surface area contributed by atoms with E-state index in [-0.39, 0.29) is 6.03 Å². The second kappa shape index (κ2) is 5.51. The zero-order chi connectivity index (χ0) is 10.4. The van der Waals surface area contributed by atoms with Crippen molar-refractivity contribution in [2.45, 2.75) is 4.90 Å². The summed E-state index contributed by atoms with van der Waals surface area (Å²) in [6.07, 6.45) is 0. The largest absolute Gasteiger partial charge is 0.331 e. The number of carbonyl (C=O) groups is 1. The Hall–Kier alpha value is -1.20. The third-order valence-electron chi connectivity index (χ3n) is 1.48. The molecule has 0 saturated heterocycles. The normalized spacial score (nSPS) is 9.57. The number of hydrazine groups is 1. The van der Waals surface area contributed by atoms with E-state index in [2.05, 4.69) is 10.3 Å². The van der Waals surface area contributed by atoms with Crippen LogP contribution in [0.3, 0.4) is 0 Å². The maximum atomic E-state index is 11.1. The standard InChI is InChI=1S/C9H13N3OS/c1-12(2)9(13)10-11-14-8-6-4-3-5-7-8/h3-7,11H,1-2H3,(H,10,13). The molecule has 0 aliphatic heterocycles. The van der Waals surface area contributed by atoms with Gasteiger partial charge < -0.3 is 4.90 Å². The quantitative estimate of drug-likeness (QED) is 0.588. The molecule has 0 radical (unpaired) electrons. The van der Waals surface area contributed by atoms with E-state index in [1.54, 1.807) is 14.1 Å². The molecule has 0 aliphatic carbocycles. The van der Waals surface area contributed by atoms with Crippen molar-refractivity contribution in [2.24, 2.45) is 0 Å². The number of rotatable bonds is 3. The molecule has 14 heavy (non-hydrogen) atoms. The van der Waals surface area contributed by atoms with Crippen LogP contribution >= 0.6 is 11.9 Å². The summed E-state index contributed by atoms with van der Waals surface area (Å²) in [5.74, 6) is 0. The van der Waals surface area contributed by atoms with Crippen LogP contribution < -0.4 is 10.3 Å². The van der Waals surface area contributed by atoms with Crippen LogP contribution in [0.5, 0.6) is 0 Å². The Kier molecular flexibility index (Phi) is 4.28. The highest BCUT2D eigenvalue weighted by atomic mass is 32.2. The third kappa shape index (κ3) is 3.68. The first-order valence-electron chi connectivity index (χ1n) is 4.14. The molecule has 76 valence electrons. The van der Waals surface area contributed by atoms with Gasteiger partial charge in [-0.05, 0) is 24.1 Å². The van der Waals surface area contributed by atoms with E-state index >= 15 is 0 Å². The first-order valence-corrected chi connectivity index (χ1v) is 4.96. The predicted molar refractivity (Wildman–Crippen MR) is 57.7 cm³/mol. The fourth-order valence-corrected chi connectivity index (χ4v) is 1.28. The van der Waals surface area contributed by atoms with Gasteiger partial charge in [0, 0.05) is 19.0 Å². The summed E-state index contributed by atoms with van der Waals surface area (Å²) < 4.78 is 0. The molecule has 0 aromatic heterocycles. The van der Waals surface area contributed by atoms with Gasteiger partial charge in [0.25, 0.3) is 0 Å². The van der Waals surface area contributed by atoms with Gasteiger partial charge in [-0.25, -0.2) is 4.79 Å². The fourth-order valence-electron chi connectivity index (χ4n) is 0.728. The highest BCUT2D eigenvalue weighted by molar-refractivity contribution is 7.97. The topological polar surface area (TPSA) is 44.4 Å². The van der Waals surface area contributed by atoms with Crippen LogP contribution in [0, 0.1) is 0 Å². The number of hydrogen-bond acceptors (Lipinski definition) is 3. The summed E-state index contributed by atoms with van der Waals surface area (Å²) in [4.78, 5) is 16.3. The summed E-state index contributed by atoms with van der Waals surface area (Å²) in [5, 5.41) is 0. The molecular formula is C9H13N3OS. The number of hydrogen-bond donors (Lipinski definition) is 2. The lowest BCUT2D eigenvalue weighted by molar-refractivity contribution is 0.216. The minimum atomic E-state index is -0.173. The van der Waals surface area contributed by atoms with Crippen molar-refractivity contribution in [1.82, 2.24) is 15.2 Å². The Labute approximate surface area is 87.8 Å². The molecule has 0 bridgehead atoms. The molecule has 0 atom stereocenters. The summed E-state index contributed by atoms with van der Waals surface area (Å²) in [6, 6.07) is 9.57. The summed E-state index contributed by atoms with van der Waals surface area (Å²) in [6.45, 7) is 0. The Bertz CT molecular complexity index is 289. The minimum absolute atomic E-state index is 0.173. The maximum Gasteiger partial charge on any atom is 0.331 e. The summed E-state index contributed by atoms with van der Waals surface area (Å²) >= 11 is 1.36. The van der Waals surface area contributed by atoms with Gasteiger partial charge in [-0.15, -0.1) is 0 Å². The summed E-state index contributed by atoms with van der Waals surface area (Å²) in [5.41, 5.74) is 2.53. The van der Waals surface area contributed by atoms with Gasteiger partial charge in [0.2, 0.25) is 0 Å². The second-order valence-corrected chi connectivity index (χ2v) is 3.72. The van der Waals surface area contributed by atoms with E-state index in [1.165, 1.54) is 16.8 Å². The van der Waals surface area contributed by atoms with Crippen molar-refractivity contribution in [3.05, 3.63) is 30.3 Å². The average molecular weight is 211 g/mol. The molecule has 2 amide bonds. The zero-order valence-electron chi connectivity index (χ0n) is 8.15. The molecule has 1 aromatic carbocycles. The number of benzene rings is 1. The van der Waals surface area contributed by atoms with Gasteiger partial charge in [0.15, 0.2) is 0 Å². The zero-order valence-corrected chi connectivity index (χ0v) is 8.97. The van der Waals surface area contributed by atoms with Gasteiger partial charge in [0.05, 0.1) is 0 Å². The number of amides is 2. The molecule has 1 rings (SSSR count). The SMILES string of the molecule is CN(C)C(=O)NNSc1ccccc1. The third-order valence-corrected chi connectivity index (χ3v) is 2.19. The molecule has 0 heterocycles. The van der Waals surface area contributed by atoms with Crippen LogP contribution in [0.1, 0.15) is 0 Å². The maximum absolute atomic E-state index is 11.1. The second-order valence-electron chi connectivity index (χ2n) is 2.84. The highest BCUT2D eigenvalue weighted by Crippen LogP contribution is 2.11. The van der Waals surface area contributed by atoms with Crippen LogP contribution in [0.25, 0.3) is 0 Å². The molecule has 1 aromatic rings. The lowest BCUT2D eigenvalue weighted by Gasteiger charge is -2.11. The Morgan fingerprint density at radius 2 is 1.93 bits per heavy atom. The van der Waals surface area contributed by atoms with Crippen LogP contribution in [-0.2, 0) is 0 Å². The molecule has 0 aliphatic rings.